The number of hydrogen-bond donors (Lipinski definition) is 0. The van der Waals surface area contributed by atoms with E-state index in [1.165, 1.54) is 10.8 Å². The smallest absolute Gasteiger partial charge is 0.143 e. The van der Waals surface area contributed by atoms with Crippen LogP contribution in [0, 0.1) is 11.3 Å². The molecule has 222 valence electrons. The number of fused-ring (bicyclic) bond motifs is 9. The van der Waals surface area contributed by atoms with Crippen molar-refractivity contribution in [1.29, 1.82) is 5.26 Å². The highest BCUT2D eigenvalue weighted by molar-refractivity contribution is 6.24. The third-order valence-corrected chi connectivity index (χ3v) is 9.62. The predicted molar refractivity (Wildman–Crippen MR) is 196 cm³/mol. The van der Waals surface area contributed by atoms with Crippen molar-refractivity contribution in [2.75, 3.05) is 0 Å². The first-order chi connectivity index (χ1) is 23.7. The third-order valence-electron chi connectivity index (χ3n) is 9.62. The van der Waals surface area contributed by atoms with E-state index in [0.29, 0.717) is 5.56 Å². The van der Waals surface area contributed by atoms with Crippen LogP contribution in [0.4, 0.5) is 0 Å². The van der Waals surface area contributed by atoms with Crippen LogP contribution in [0.3, 0.4) is 0 Å². The zero-order valence-corrected chi connectivity index (χ0v) is 25.7. The Morgan fingerprint density at radius 1 is 0.542 bits per heavy atom. The van der Waals surface area contributed by atoms with Gasteiger partial charge in [-0.2, -0.15) is 5.26 Å². The van der Waals surface area contributed by atoms with Gasteiger partial charge in [-0.1, -0.05) is 72.8 Å². The average Bonchev–Trinajstić information content (AvgIpc) is 3.69. The Kier molecular flexibility index (Phi) is 5.61. The molecule has 0 bridgehead atoms. The van der Waals surface area contributed by atoms with Gasteiger partial charge in [-0.15, -0.1) is 0 Å². The van der Waals surface area contributed by atoms with Crippen LogP contribution in [0.5, 0.6) is 0 Å². The Hall–Kier alpha value is -6.70. The Bertz CT molecular complexity index is 2960. The number of rotatable bonds is 3. The van der Waals surface area contributed by atoms with Crippen LogP contribution in [0.15, 0.2) is 156 Å². The van der Waals surface area contributed by atoms with Gasteiger partial charge in [-0.3, -0.25) is 4.98 Å². The molecule has 0 aliphatic heterocycles. The molecule has 0 radical (unpaired) electrons. The van der Waals surface area contributed by atoms with E-state index in [4.69, 9.17) is 9.40 Å². The molecular weight excluding hydrogens is 587 g/mol. The van der Waals surface area contributed by atoms with Crippen LogP contribution >= 0.6 is 0 Å². The fourth-order valence-electron chi connectivity index (χ4n) is 7.40. The standard InChI is InChI=1S/C44H25N3O/c45-24-27-14-16-40-37(18-27)38-20-30(15-17-41(38)47(40)34-11-2-1-3-12-34)32-19-33(26-46-25-32)36-22-31-10-6-7-13-35(31)43-39-21-28-8-4-5-9-29(28)23-42(39)48-44(36)43/h1-23,25-26H. The molecule has 0 saturated carbocycles. The van der Waals surface area contributed by atoms with E-state index in [1.54, 1.807) is 0 Å². The summed E-state index contributed by atoms with van der Waals surface area (Å²) in [6.07, 6.45) is 3.85. The summed E-state index contributed by atoms with van der Waals surface area (Å²) in [5.74, 6) is 0. The van der Waals surface area contributed by atoms with Gasteiger partial charge in [0, 0.05) is 56.3 Å². The Morgan fingerprint density at radius 2 is 1.25 bits per heavy atom. The molecule has 7 aromatic carbocycles. The van der Waals surface area contributed by atoms with E-state index in [-0.39, 0.29) is 0 Å². The molecule has 10 rings (SSSR count). The molecule has 0 amide bonds. The topological polar surface area (TPSA) is 54.8 Å². The van der Waals surface area contributed by atoms with Crippen LogP contribution in [-0.4, -0.2) is 9.55 Å². The van der Waals surface area contributed by atoms with Crippen molar-refractivity contribution in [3.05, 3.63) is 157 Å². The monoisotopic (exact) mass is 611 g/mol. The molecule has 48 heavy (non-hydrogen) atoms. The maximum absolute atomic E-state index is 9.73. The first-order valence-corrected chi connectivity index (χ1v) is 16.0. The first kappa shape index (κ1) is 26.5. The Balaban J connectivity index is 1.19. The van der Waals surface area contributed by atoms with E-state index in [2.05, 4.69) is 126 Å². The maximum atomic E-state index is 9.73. The van der Waals surface area contributed by atoms with Gasteiger partial charge in [-0.05, 0) is 93.8 Å². The number of furan rings is 1. The first-order valence-electron chi connectivity index (χ1n) is 16.0. The summed E-state index contributed by atoms with van der Waals surface area (Å²) in [6.45, 7) is 0. The fourth-order valence-corrected chi connectivity index (χ4v) is 7.40. The highest BCUT2D eigenvalue weighted by Gasteiger charge is 2.19. The largest absolute Gasteiger partial charge is 0.455 e. The van der Waals surface area contributed by atoms with Gasteiger partial charge >= 0.3 is 0 Å². The molecule has 3 heterocycles. The summed E-state index contributed by atoms with van der Waals surface area (Å²) < 4.78 is 8.98. The molecule has 4 heteroatoms. The summed E-state index contributed by atoms with van der Waals surface area (Å²) in [6, 6.07) is 51.0. The van der Waals surface area contributed by atoms with Gasteiger partial charge in [0.05, 0.1) is 22.7 Å². The third kappa shape index (κ3) is 3.92. The van der Waals surface area contributed by atoms with Crippen LogP contribution in [0.2, 0.25) is 0 Å². The SMILES string of the molecule is N#Cc1ccc2c(c1)c1cc(-c3cncc(-c4cc5ccccc5c5c4oc4cc6ccccc6cc45)c3)ccc1n2-c1ccccc1. The fraction of sp³-hybridized carbons (Fsp3) is 0. The van der Waals surface area contributed by atoms with Gasteiger partial charge in [0.15, 0.2) is 0 Å². The van der Waals surface area contributed by atoms with Crippen molar-refractivity contribution in [3.63, 3.8) is 0 Å². The minimum atomic E-state index is 0.641. The minimum Gasteiger partial charge on any atom is -0.455 e. The quantitative estimate of drug-likeness (QED) is 0.200. The molecule has 0 unspecified atom stereocenters. The number of nitrogens with zero attached hydrogens (tertiary/aromatic N) is 3. The average molecular weight is 612 g/mol. The lowest BCUT2D eigenvalue weighted by Crippen LogP contribution is -1.93. The molecule has 0 atom stereocenters. The second-order valence-electron chi connectivity index (χ2n) is 12.4. The summed E-state index contributed by atoms with van der Waals surface area (Å²) in [4.78, 5) is 4.76. The molecule has 3 aromatic heterocycles. The number of benzene rings is 7. The molecule has 0 fully saturated rings. The highest BCUT2D eigenvalue weighted by Crippen LogP contribution is 2.43. The summed E-state index contributed by atoms with van der Waals surface area (Å²) in [7, 11) is 0. The van der Waals surface area contributed by atoms with Crippen molar-refractivity contribution in [3.8, 4) is 34.0 Å². The van der Waals surface area contributed by atoms with Crippen molar-refractivity contribution < 1.29 is 4.42 Å². The second-order valence-corrected chi connectivity index (χ2v) is 12.4. The molecule has 0 saturated heterocycles. The summed E-state index contributed by atoms with van der Waals surface area (Å²) in [5, 5.41) is 18.8. The predicted octanol–water partition coefficient (Wildman–Crippen LogP) is 11.6. The minimum absolute atomic E-state index is 0.641. The molecular formula is C44H25N3O. The lowest BCUT2D eigenvalue weighted by atomic mass is 9.95. The van der Waals surface area contributed by atoms with Crippen LogP contribution in [-0.2, 0) is 0 Å². The second kappa shape index (κ2) is 10.2. The zero-order chi connectivity index (χ0) is 31.8. The van der Waals surface area contributed by atoms with Gasteiger partial charge < -0.3 is 8.98 Å². The van der Waals surface area contributed by atoms with E-state index < -0.39 is 0 Å². The van der Waals surface area contributed by atoms with Crippen LogP contribution in [0.25, 0.3) is 93.2 Å². The maximum Gasteiger partial charge on any atom is 0.143 e. The normalized spacial score (nSPS) is 11.7. The van der Waals surface area contributed by atoms with E-state index in [9.17, 15) is 5.26 Å². The van der Waals surface area contributed by atoms with Gasteiger partial charge in [0.1, 0.15) is 11.2 Å². The Morgan fingerprint density at radius 3 is 2.08 bits per heavy atom. The number of nitriles is 1. The molecule has 10 aromatic rings. The number of aromatic nitrogens is 2. The van der Waals surface area contributed by atoms with Gasteiger partial charge in [0.2, 0.25) is 0 Å². The van der Waals surface area contributed by atoms with E-state index >= 15 is 0 Å². The lowest BCUT2D eigenvalue weighted by molar-refractivity contribution is 0.671. The van der Waals surface area contributed by atoms with Gasteiger partial charge in [-0.25, -0.2) is 0 Å². The molecule has 0 spiro atoms. The Labute approximate surface area is 275 Å². The summed E-state index contributed by atoms with van der Waals surface area (Å²) in [5.41, 5.74) is 9.68. The molecule has 0 aliphatic rings. The number of para-hydroxylation sites is 1. The lowest BCUT2D eigenvalue weighted by Gasteiger charge is -2.10. The zero-order valence-electron chi connectivity index (χ0n) is 25.7. The number of hydrogen-bond acceptors (Lipinski definition) is 3. The van der Waals surface area contributed by atoms with Crippen molar-refractivity contribution in [2.24, 2.45) is 0 Å². The summed E-state index contributed by atoms with van der Waals surface area (Å²) >= 11 is 0. The molecule has 4 nitrogen and oxygen atoms in total. The van der Waals surface area contributed by atoms with Crippen molar-refractivity contribution in [2.45, 2.75) is 0 Å². The van der Waals surface area contributed by atoms with Crippen LogP contribution < -0.4 is 0 Å². The van der Waals surface area contributed by atoms with Crippen LogP contribution in [0.1, 0.15) is 5.56 Å². The highest BCUT2D eigenvalue weighted by atomic mass is 16.3. The van der Waals surface area contributed by atoms with E-state index in [1.807, 2.05) is 36.7 Å². The molecule has 0 aliphatic carbocycles. The number of pyridine rings is 1. The van der Waals surface area contributed by atoms with Crippen molar-refractivity contribution in [1.82, 2.24) is 9.55 Å². The van der Waals surface area contributed by atoms with E-state index in [0.717, 1.165) is 82.5 Å². The van der Waals surface area contributed by atoms with Crippen molar-refractivity contribution >= 4 is 65.3 Å². The molecule has 0 N–H and O–H groups in total. The van der Waals surface area contributed by atoms with Gasteiger partial charge in [0.25, 0.3) is 0 Å².